The highest BCUT2D eigenvalue weighted by atomic mass is 14.9. The summed E-state index contributed by atoms with van der Waals surface area (Å²) in [5, 5.41) is 0. The first-order valence-corrected chi connectivity index (χ1v) is 8.82. The van der Waals surface area contributed by atoms with Crippen LogP contribution < -0.4 is 0 Å². The summed E-state index contributed by atoms with van der Waals surface area (Å²) >= 11 is 0. The molecule has 118 valence electrons. The minimum absolute atomic E-state index is 0.393. The number of imidazole rings is 1. The van der Waals surface area contributed by atoms with Gasteiger partial charge in [-0.05, 0) is 48.9 Å². The molecule has 1 fully saturated rings. The number of H-pyrrole nitrogens is 1. The Hall–Kier alpha value is -2.09. The quantitative estimate of drug-likeness (QED) is 0.672. The van der Waals surface area contributed by atoms with E-state index in [2.05, 4.69) is 60.4 Å². The Morgan fingerprint density at radius 1 is 1.00 bits per heavy atom. The van der Waals surface area contributed by atoms with Crippen LogP contribution in [0.4, 0.5) is 0 Å². The SMILES string of the molecule is Cc1ccc2nc(C(c3ccccc3)C3CCCCC3)[nH]c2c1. The lowest BCUT2D eigenvalue weighted by Crippen LogP contribution is -2.18. The van der Waals surface area contributed by atoms with E-state index in [9.17, 15) is 0 Å². The second-order valence-corrected chi connectivity index (χ2v) is 6.93. The van der Waals surface area contributed by atoms with Crippen molar-refractivity contribution in [2.45, 2.75) is 44.9 Å². The number of benzene rings is 2. The van der Waals surface area contributed by atoms with Crippen LogP contribution >= 0.6 is 0 Å². The zero-order valence-corrected chi connectivity index (χ0v) is 13.8. The molecular weight excluding hydrogens is 280 g/mol. The van der Waals surface area contributed by atoms with Gasteiger partial charge in [0.1, 0.15) is 5.82 Å². The van der Waals surface area contributed by atoms with Gasteiger partial charge in [-0.2, -0.15) is 0 Å². The molecule has 0 amide bonds. The zero-order valence-electron chi connectivity index (χ0n) is 13.8. The Balaban J connectivity index is 1.79. The normalized spacial score (nSPS) is 17.4. The van der Waals surface area contributed by atoms with Crippen molar-refractivity contribution in [3.63, 3.8) is 0 Å². The molecule has 1 heterocycles. The lowest BCUT2D eigenvalue weighted by molar-refractivity contribution is 0.322. The minimum atomic E-state index is 0.393. The maximum absolute atomic E-state index is 4.95. The topological polar surface area (TPSA) is 28.7 Å². The zero-order chi connectivity index (χ0) is 15.6. The van der Waals surface area contributed by atoms with Crippen LogP contribution in [0.5, 0.6) is 0 Å². The van der Waals surface area contributed by atoms with E-state index in [1.807, 2.05) is 0 Å². The first-order chi connectivity index (χ1) is 11.3. The van der Waals surface area contributed by atoms with Crippen molar-refractivity contribution in [1.82, 2.24) is 9.97 Å². The lowest BCUT2D eigenvalue weighted by atomic mass is 9.76. The first kappa shape index (κ1) is 14.5. The molecule has 1 unspecified atom stereocenters. The molecule has 0 aliphatic heterocycles. The second kappa shape index (κ2) is 6.19. The van der Waals surface area contributed by atoms with Crippen molar-refractivity contribution >= 4 is 11.0 Å². The fourth-order valence-electron chi connectivity index (χ4n) is 4.07. The van der Waals surface area contributed by atoms with Crippen molar-refractivity contribution in [3.8, 4) is 0 Å². The number of nitrogens with one attached hydrogen (secondary N) is 1. The van der Waals surface area contributed by atoms with E-state index in [1.54, 1.807) is 0 Å². The highest BCUT2D eigenvalue weighted by molar-refractivity contribution is 5.76. The van der Waals surface area contributed by atoms with Gasteiger partial charge in [-0.3, -0.25) is 0 Å². The number of fused-ring (bicyclic) bond motifs is 1. The van der Waals surface area contributed by atoms with Crippen LogP contribution in [0.3, 0.4) is 0 Å². The molecule has 0 radical (unpaired) electrons. The van der Waals surface area contributed by atoms with Gasteiger partial charge in [0.15, 0.2) is 0 Å². The maximum Gasteiger partial charge on any atom is 0.115 e. The Bertz CT molecular complexity index is 782. The third kappa shape index (κ3) is 2.90. The average molecular weight is 304 g/mol. The summed E-state index contributed by atoms with van der Waals surface area (Å²) in [6, 6.07) is 17.4. The van der Waals surface area contributed by atoms with Crippen molar-refractivity contribution < 1.29 is 0 Å². The summed E-state index contributed by atoms with van der Waals surface area (Å²) < 4.78 is 0. The summed E-state index contributed by atoms with van der Waals surface area (Å²) in [6.07, 6.45) is 6.73. The highest BCUT2D eigenvalue weighted by Crippen LogP contribution is 2.39. The number of rotatable bonds is 3. The molecule has 1 aliphatic rings. The molecule has 23 heavy (non-hydrogen) atoms. The Labute approximate surface area is 138 Å². The van der Waals surface area contributed by atoms with Crippen LogP contribution in [0, 0.1) is 12.8 Å². The number of aryl methyl sites for hydroxylation is 1. The van der Waals surface area contributed by atoms with Crippen molar-refractivity contribution in [3.05, 3.63) is 65.5 Å². The second-order valence-electron chi connectivity index (χ2n) is 6.93. The van der Waals surface area contributed by atoms with Gasteiger partial charge in [0.05, 0.1) is 11.0 Å². The summed E-state index contributed by atoms with van der Waals surface area (Å²) in [5.74, 6) is 2.24. The van der Waals surface area contributed by atoms with Crippen LogP contribution in [0.2, 0.25) is 0 Å². The van der Waals surface area contributed by atoms with E-state index in [0.717, 1.165) is 16.9 Å². The third-order valence-corrected chi connectivity index (χ3v) is 5.23. The van der Waals surface area contributed by atoms with E-state index in [-0.39, 0.29) is 0 Å². The fourth-order valence-corrected chi connectivity index (χ4v) is 4.07. The van der Waals surface area contributed by atoms with Gasteiger partial charge in [-0.1, -0.05) is 55.7 Å². The largest absolute Gasteiger partial charge is 0.341 e. The molecule has 1 atom stereocenters. The van der Waals surface area contributed by atoms with Gasteiger partial charge >= 0.3 is 0 Å². The molecule has 1 aliphatic carbocycles. The monoisotopic (exact) mass is 304 g/mol. The average Bonchev–Trinajstić information content (AvgIpc) is 2.99. The van der Waals surface area contributed by atoms with E-state index >= 15 is 0 Å². The van der Waals surface area contributed by atoms with Gasteiger partial charge < -0.3 is 4.98 Å². The maximum atomic E-state index is 4.95. The van der Waals surface area contributed by atoms with E-state index in [1.165, 1.54) is 43.2 Å². The van der Waals surface area contributed by atoms with Crippen LogP contribution in [0.25, 0.3) is 11.0 Å². The third-order valence-electron chi connectivity index (χ3n) is 5.23. The lowest BCUT2D eigenvalue weighted by Gasteiger charge is -2.29. The van der Waals surface area contributed by atoms with Gasteiger partial charge in [-0.15, -0.1) is 0 Å². The minimum Gasteiger partial charge on any atom is -0.341 e. The standard InChI is InChI=1S/C21H24N2/c1-15-12-13-18-19(14-15)23-21(22-18)20(16-8-4-2-5-9-16)17-10-6-3-7-11-17/h2,4-5,8-9,12-14,17,20H,3,6-7,10-11H2,1H3,(H,22,23). The number of nitrogens with zero attached hydrogens (tertiary/aromatic N) is 1. The van der Waals surface area contributed by atoms with Gasteiger partial charge in [-0.25, -0.2) is 4.98 Å². The summed E-state index contributed by atoms with van der Waals surface area (Å²) in [6.45, 7) is 2.13. The van der Waals surface area contributed by atoms with Crippen LogP contribution in [-0.4, -0.2) is 9.97 Å². The number of aromatic amines is 1. The van der Waals surface area contributed by atoms with E-state index in [0.29, 0.717) is 11.8 Å². The summed E-state index contributed by atoms with van der Waals surface area (Å²) in [5.41, 5.74) is 4.93. The van der Waals surface area contributed by atoms with Crippen LogP contribution in [0.1, 0.15) is 55.0 Å². The number of hydrogen-bond donors (Lipinski definition) is 1. The molecule has 4 rings (SSSR count). The molecule has 0 spiro atoms. The van der Waals surface area contributed by atoms with Crippen LogP contribution in [-0.2, 0) is 0 Å². The summed E-state index contributed by atoms with van der Waals surface area (Å²) in [7, 11) is 0. The predicted octanol–water partition coefficient (Wildman–Crippen LogP) is 5.58. The molecule has 2 aromatic carbocycles. The molecule has 2 heteroatoms. The molecule has 0 saturated heterocycles. The molecule has 1 N–H and O–H groups in total. The molecule has 0 bridgehead atoms. The van der Waals surface area contributed by atoms with Crippen LogP contribution in [0.15, 0.2) is 48.5 Å². The Kier molecular flexibility index (Phi) is 3.90. The van der Waals surface area contributed by atoms with Crippen molar-refractivity contribution in [2.24, 2.45) is 5.92 Å². The Morgan fingerprint density at radius 3 is 2.57 bits per heavy atom. The van der Waals surface area contributed by atoms with Gasteiger partial charge in [0.2, 0.25) is 0 Å². The predicted molar refractivity (Wildman–Crippen MR) is 95.7 cm³/mol. The molecule has 1 saturated carbocycles. The number of hydrogen-bond acceptors (Lipinski definition) is 1. The fraction of sp³-hybridized carbons (Fsp3) is 0.381. The van der Waals surface area contributed by atoms with E-state index < -0.39 is 0 Å². The highest BCUT2D eigenvalue weighted by Gasteiger charge is 2.28. The van der Waals surface area contributed by atoms with E-state index in [4.69, 9.17) is 4.98 Å². The van der Waals surface area contributed by atoms with Crippen molar-refractivity contribution in [1.29, 1.82) is 0 Å². The first-order valence-electron chi connectivity index (χ1n) is 8.82. The molecule has 2 nitrogen and oxygen atoms in total. The smallest absolute Gasteiger partial charge is 0.115 e. The van der Waals surface area contributed by atoms with Crippen molar-refractivity contribution in [2.75, 3.05) is 0 Å². The Morgan fingerprint density at radius 2 is 1.78 bits per heavy atom. The molecule has 3 aromatic rings. The van der Waals surface area contributed by atoms with Gasteiger partial charge in [0, 0.05) is 5.92 Å². The number of aromatic nitrogens is 2. The summed E-state index contributed by atoms with van der Waals surface area (Å²) in [4.78, 5) is 8.57. The molecular formula is C21H24N2. The molecule has 1 aromatic heterocycles. The van der Waals surface area contributed by atoms with Gasteiger partial charge in [0.25, 0.3) is 0 Å².